The number of aromatic carboxylic acids is 1. The normalized spacial score (nSPS) is 10.9. The van der Waals surface area contributed by atoms with E-state index < -0.39 is 5.97 Å². The van der Waals surface area contributed by atoms with Gasteiger partial charge in [-0.15, -0.1) is 11.3 Å². The summed E-state index contributed by atoms with van der Waals surface area (Å²) in [6.45, 7) is 0. The summed E-state index contributed by atoms with van der Waals surface area (Å²) in [5.41, 5.74) is 0.246. The summed E-state index contributed by atoms with van der Waals surface area (Å²) in [6, 6.07) is 6.61. The molecular weight excluding hydrogens is 254 g/mol. The minimum atomic E-state index is -1.17. The number of carboxylic acid groups (broad SMARTS) is 1. The van der Waals surface area contributed by atoms with Gasteiger partial charge >= 0.3 is 5.97 Å². The maximum atomic E-state index is 10.7. The van der Waals surface area contributed by atoms with Crippen LogP contribution in [0.2, 0.25) is 0 Å². The Morgan fingerprint density at radius 2 is 2.17 bits per heavy atom. The molecule has 0 atom stereocenters. The van der Waals surface area contributed by atoms with Crippen LogP contribution in [0.25, 0.3) is 21.4 Å². The van der Waals surface area contributed by atoms with Crippen molar-refractivity contribution in [3.8, 4) is 17.1 Å². The van der Waals surface area contributed by atoms with Gasteiger partial charge in [-0.05, 0) is 23.6 Å². The molecule has 0 aliphatic carbocycles. The van der Waals surface area contributed by atoms with Crippen LogP contribution in [0.1, 0.15) is 10.5 Å². The van der Waals surface area contributed by atoms with Crippen molar-refractivity contribution in [2.45, 2.75) is 0 Å². The van der Waals surface area contributed by atoms with Gasteiger partial charge in [0.25, 0.3) is 0 Å². The van der Waals surface area contributed by atoms with Gasteiger partial charge in [0, 0.05) is 16.2 Å². The molecule has 0 amide bonds. The van der Waals surface area contributed by atoms with E-state index in [0.29, 0.717) is 10.9 Å². The number of hydrogen-bond acceptors (Lipinski definition) is 5. The molecule has 2 N–H and O–H groups in total. The van der Waals surface area contributed by atoms with E-state index in [-0.39, 0.29) is 17.2 Å². The molecule has 0 unspecified atom stereocenters. The number of phenols is 1. The molecule has 3 rings (SSSR count). The highest BCUT2D eigenvalue weighted by molar-refractivity contribution is 7.17. The molecule has 90 valence electrons. The standard InChI is InChI=1S/C12H7NO4S/c14-11-6(1-2-10-7(11)3-4-18-10)9-5-8(12(15)16)13-17-9/h1-5,14H,(H,15,16). The first-order valence-electron chi connectivity index (χ1n) is 5.06. The lowest BCUT2D eigenvalue weighted by Crippen LogP contribution is -1.94. The summed E-state index contributed by atoms with van der Waals surface area (Å²) in [6.07, 6.45) is 0. The predicted octanol–water partition coefficient (Wildman–Crippen LogP) is 2.96. The van der Waals surface area contributed by atoms with E-state index in [1.54, 1.807) is 12.1 Å². The number of aromatic hydroxyl groups is 1. The second-order valence-corrected chi connectivity index (χ2v) is 4.62. The molecule has 2 heterocycles. The van der Waals surface area contributed by atoms with E-state index in [2.05, 4.69) is 5.16 Å². The average molecular weight is 261 g/mol. The van der Waals surface area contributed by atoms with Crippen LogP contribution in [0.3, 0.4) is 0 Å². The Morgan fingerprint density at radius 1 is 1.33 bits per heavy atom. The number of nitrogens with zero attached hydrogens (tertiary/aromatic N) is 1. The fourth-order valence-corrected chi connectivity index (χ4v) is 2.52. The summed E-state index contributed by atoms with van der Waals surface area (Å²) >= 11 is 1.52. The molecule has 0 saturated carbocycles. The van der Waals surface area contributed by atoms with E-state index >= 15 is 0 Å². The first kappa shape index (κ1) is 10.8. The van der Waals surface area contributed by atoms with Gasteiger partial charge in [0.1, 0.15) is 5.75 Å². The quantitative estimate of drug-likeness (QED) is 0.741. The zero-order chi connectivity index (χ0) is 12.7. The average Bonchev–Trinajstić information content (AvgIpc) is 2.97. The fourth-order valence-electron chi connectivity index (χ4n) is 1.73. The number of thiophene rings is 1. The van der Waals surface area contributed by atoms with Gasteiger partial charge in [0.05, 0.1) is 5.56 Å². The van der Waals surface area contributed by atoms with Crippen molar-refractivity contribution in [1.29, 1.82) is 0 Å². The summed E-state index contributed by atoms with van der Waals surface area (Å²) in [5, 5.41) is 24.9. The van der Waals surface area contributed by atoms with Crippen LogP contribution in [0.5, 0.6) is 5.75 Å². The van der Waals surface area contributed by atoms with Crippen LogP contribution in [0, 0.1) is 0 Å². The minimum Gasteiger partial charge on any atom is -0.506 e. The van der Waals surface area contributed by atoms with E-state index in [0.717, 1.165) is 4.70 Å². The third-order valence-corrected chi connectivity index (χ3v) is 3.48. The number of carbonyl (C=O) groups is 1. The topological polar surface area (TPSA) is 83.6 Å². The Bertz CT molecular complexity index is 743. The second kappa shape index (κ2) is 3.85. The summed E-state index contributed by atoms with van der Waals surface area (Å²) in [5.74, 6) is -0.860. The van der Waals surface area contributed by atoms with Crippen molar-refractivity contribution in [3.63, 3.8) is 0 Å². The fraction of sp³-hybridized carbons (Fsp3) is 0. The highest BCUT2D eigenvalue weighted by Gasteiger charge is 2.16. The molecule has 18 heavy (non-hydrogen) atoms. The Morgan fingerprint density at radius 3 is 2.89 bits per heavy atom. The number of rotatable bonds is 2. The molecule has 2 aromatic heterocycles. The zero-order valence-electron chi connectivity index (χ0n) is 8.95. The van der Waals surface area contributed by atoms with Gasteiger partial charge in [0.2, 0.25) is 0 Å². The number of carboxylic acids is 1. The van der Waals surface area contributed by atoms with Crippen LogP contribution in [0.4, 0.5) is 0 Å². The Labute approximate surface area is 105 Å². The van der Waals surface area contributed by atoms with Gasteiger partial charge < -0.3 is 14.7 Å². The predicted molar refractivity (Wildman–Crippen MR) is 65.9 cm³/mol. The van der Waals surface area contributed by atoms with Gasteiger partial charge in [-0.2, -0.15) is 0 Å². The van der Waals surface area contributed by atoms with E-state index in [9.17, 15) is 9.90 Å². The van der Waals surface area contributed by atoms with Crippen LogP contribution in [0.15, 0.2) is 34.2 Å². The van der Waals surface area contributed by atoms with Gasteiger partial charge in [-0.1, -0.05) is 5.16 Å². The van der Waals surface area contributed by atoms with Crippen molar-refractivity contribution in [2.75, 3.05) is 0 Å². The summed E-state index contributed by atoms with van der Waals surface area (Å²) < 4.78 is 5.88. The van der Waals surface area contributed by atoms with Crippen molar-refractivity contribution in [2.24, 2.45) is 0 Å². The molecule has 0 fully saturated rings. The van der Waals surface area contributed by atoms with E-state index in [4.69, 9.17) is 9.63 Å². The van der Waals surface area contributed by atoms with Gasteiger partial charge in [-0.25, -0.2) is 4.79 Å². The first-order valence-corrected chi connectivity index (χ1v) is 5.94. The van der Waals surface area contributed by atoms with Crippen LogP contribution < -0.4 is 0 Å². The number of hydrogen-bond donors (Lipinski definition) is 2. The lowest BCUT2D eigenvalue weighted by molar-refractivity contribution is 0.0686. The second-order valence-electron chi connectivity index (χ2n) is 3.68. The zero-order valence-corrected chi connectivity index (χ0v) is 9.77. The Kier molecular flexibility index (Phi) is 2.31. The third kappa shape index (κ3) is 1.54. The molecule has 0 aliphatic rings. The Balaban J connectivity index is 2.18. The molecule has 0 aliphatic heterocycles. The number of fused-ring (bicyclic) bond motifs is 1. The van der Waals surface area contributed by atoms with Crippen LogP contribution in [-0.4, -0.2) is 21.3 Å². The molecule has 0 bridgehead atoms. The van der Waals surface area contributed by atoms with E-state index in [1.807, 2.05) is 11.4 Å². The minimum absolute atomic E-state index is 0.0711. The molecule has 3 aromatic rings. The molecule has 0 saturated heterocycles. The number of phenolic OH excluding ortho intramolecular Hbond substituents is 1. The molecule has 0 spiro atoms. The lowest BCUT2D eigenvalue weighted by Gasteiger charge is -2.01. The maximum Gasteiger partial charge on any atom is 0.358 e. The molecule has 5 nitrogen and oxygen atoms in total. The van der Waals surface area contributed by atoms with Gasteiger partial charge in [0.15, 0.2) is 11.5 Å². The van der Waals surface area contributed by atoms with Crippen molar-refractivity contribution in [3.05, 3.63) is 35.3 Å². The summed E-state index contributed by atoms with van der Waals surface area (Å²) in [7, 11) is 0. The van der Waals surface area contributed by atoms with Gasteiger partial charge in [-0.3, -0.25) is 0 Å². The first-order chi connectivity index (χ1) is 8.66. The molecule has 1 aromatic carbocycles. The van der Waals surface area contributed by atoms with Crippen LogP contribution >= 0.6 is 11.3 Å². The maximum absolute atomic E-state index is 10.7. The highest BCUT2D eigenvalue weighted by atomic mass is 32.1. The largest absolute Gasteiger partial charge is 0.506 e. The third-order valence-electron chi connectivity index (χ3n) is 2.60. The van der Waals surface area contributed by atoms with Crippen molar-refractivity contribution in [1.82, 2.24) is 5.16 Å². The monoisotopic (exact) mass is 261 g/mol. The number of benzene rings is 1. The highest BCUT2D eigenvalue weighted by Crippen LogP contribution is 2.38. The van der Waals surface area contributed by atoms with Crippen molar-refractivity contribution >= 4 is 27.4 Å². The number of aromatic nitrogens is 1. The van der Waals surface area contributed by atoms with Crippen molar-refractivity contribution < 1.29 is 19.5 Å². The lowest BCUT2D eigenvalue weighted by atomic mass is 10.1. The van der Waals surface area contributed by atoms with Crippen LogP contribution in [-0.2, 0) is 0 Å². The smallest absolute Gasteiger partial charge is 0.358 e. The molecule has 0 radical (unpaired) electrons. The Hall–Kier alpha value is -2.34. The summed E-state index contributed by atoms with van der Waals surface area (Å²) in [4.78, 5) is 10.7. The van der Waals surface area contributed by atoms with E-state index in [1.165, 1.54) is 17.4 Å². The molecule has 6 heteroatoms. The SMILES string of the molecule is O=C(O)c1cc(-c2ccc3sccc3c2O)on1. The molecular formula is C12H7NO4S.